The molecule has 0 atom stereocenters. The molecule has 0 spiro atoms. The molecule has 0 amide bonds. The number of fused-ring (bicyclic) bond motifs is 1. The van der Waals surface area contributed by atoms with Crippen LogP contribution in [0.1, 0.15) is 37.3 Å². The van der Waals surface area contributed by atoms with E-state index < -0.39 is 11.8 Å². The zero-order valence-corrected chi connectivity index (χ0v) is 12.7. The SMILES string of the molecule is CCOC(=O)C(=O)c1cc2ccc(OC)cc2n1C(C)C. The highest BCUT2D eigenvalue weighted by Crippen LogP contribution is 2.28. The van der Waals surface area contributed by atoms with Gasteiger partial charge in [-0.05, 0) is 39.0 Å². The third kappa shape index (κ3) is 2.77. The van der Waals surface area contributed by atoms with Gasteiger partial charge in [-0.3, -0.25) is 4.79 Å². The van der Waals surface area contributed by atoms with E-state index in [-0.39, 0.29) is 12.6 Å². The van der Waals surface area contributed by atoms with E-state index in [1.165, 1.54) is 0 Å². The number of ketones is 1. The van der Waals surface area contributed by atoms with E-state index in [0.717, 1.165) is 10.9 Å². The summed E-state index contributed by atoms with van der Waals surface area (Å²) < 4.78 is 11.9. The Morgan fingerprint density at radius 1 is 1.24 bits per heavy atom. The normalized spacial score (nSPS) is 10.9. The van der Waals surface area contributed by atoms with Crippen LogP contribution in [0.4, 0.5) is 0 Å². The van der Waals surface area contributed by atoms with Crippen molar-refractivity contribution in [2.75, 3.05) is 13.7 Å². The van der Waals surface area contributed by atoms with Crippen molar-refractivity contribution in [1.82, 2.24) is 4.57 Å². The van der Waals surface area contributed by atoms with Crippen molar-refractivity contribution in [2.45, 2.75) is 26.8 Å². The van der Waals surface area contributed by atoms with E-state index >= 15 is 0 Å². The highest BCUT2D eigenvalue weighted by Gasteiger charge is 2.24. The molecule has 112 valence electrons. The van der Waals surface area contributed by atoms with Crippen LogP contribution in [-0.4, -0.2) is 30.0 Å². The summed E-state index contributed by atoms with van der Waals surface area (Å²) in [5.41, 5.74) is 1.20. The fraction of sp³-hybridized carbons (Fsp3) is 0.375. The van der Waals surface area contributed by atoms with Gasteiger partial charge in [0, 0.05) is 17.5 Å². The number of nitrogens with zero attached hydrogens (tertiary/aromatic N) is 1. The molecule has 0 saturated carbocycles. The number of carbonyl (C=O) groups is 2. The van der Waals surface area contributed by atoms with Gasteiger partial charge in [0.2, 0.25) is 0 Å². The lowest BCUT2D eigenvalue weighted by Crippen LogP contribution is -2.21. The molecule has 0 N–H and O–H groups in total. The van der Waals surface area contributed by atoms with Crippen LogP contribution in [0.25, 0.3) is 10.9 Å². The lowest BCUT2D eigenvalue weighted by Gasteiger charge is -2.14. The largest absolute Gasteiger partial charge is 0.497 e. The number of aromatic nitrogens is 1. The predicted molar refractivity (Wildman–Crippen MR) is 79.8 cm³/mol. The molecule has 2 aromatic rings. The van der Waals surface area contributed by atoms with Gasteiger partial charge in [0.1, 0.15) is 5.75 Å². The molecule has 0 radical (unpaired) electrons. The van der Waals surface area contributed by atoms with Crippen LogP contribution in [-0.2, 0) is 9.53 Å². The third-order valence-electron chi connectivity index (χ3n) is 3.26. The Morgan fingerprint density at radius 2 is 1.95 bits per heavy atom. The lowest BCUT2D eigenvalue weighted by atomic mass is 10.2. The van der Waals surface area contributed by atoms with E-state index in [9.17, 15) is 9.59 Å². The maximum Gasteiger partial charge on any atom is 0.381 e. The quantitative estimate of drug-likeness (QED) is 0.482. The number of Topliss-reactive ketones (excluding diaryl/α,β-unsaturated/α-hetero) is 1. The number of esters is 1. The van der Waals surface area contributed by atoms with E-state index in [1.807, 2.05) is 36.6 Å². The molecule has 0 bridgehead atoms. The summed E-state index contributed by atoms with van der Waals surface area (Å²) in [6.45, 7) is 5.77. The number of carbonyl (C=O) groups excluding carboxylic acids is 2. The highest BCUT2D eigenvalue weighted by molar-refractivity contribution is 6.40. The number of hydrogen-bond acceptors (Lipinski definition) is 4. The number of rotatable bonds is 5. The van der Waals surface area contributed by atoms with Crippen LogP contribution < -0.4 is 4.74 Å². The van der Waals surface area contributed by atoms with Crippen molar-refractivity contribution in [3.63, 3.8) is 0 Å². The first kappa shape index (κ1) is 15.1. The predicted octanol–water partition coefficient (Wildman–Crippen LogP) is 2.98. The standard InChI is InChI=1S/C16H19NO4/c1-5-21-16(19)15(18)14-8-11-6-7-12(20-4)9-13(11)17(14)10(2)3/h6-10H,5H2,1-4H3. The lowest BCUT2D eigenvalue weighted by molar-refractivity contribution is -0.137. The molecule has 1 heterocycles. The molecule has 0 aliphatic carbocycles. The van der Waals surface area contributed by atoms with Crippen molar-refractivity contribution < 1.29 is 19.1 Å². The average Bonchev–Trinajstić information content (AvgIpc) is 2.84. The number of hydrogen-bond donors (Lipinski definition) is 0. The summed E-state index contributed by atoms with van der Waals surface area (Å²) in [5, 5.41) is 0.886. The zero-order chi connectivity index (χ0) is 15.6. The van der Waals surface area contributed by atoms with E-state index in [1.54, 1.807) is 20.1 Å². The van der Waals surface area contributed by atoms with Gasteiger partial charge in [-0.2, -0.15) is 0 Å². The van der Waals surface area contributed by atoms with Gasteiger partial charge in [0.15, 0.2) is 0 Å². The van der Waals surface area contributed by atoms with Gasteiger partial charge < -0.3 is 14.0 Å². The second-order valence-electron chi connectivity index (χ2n) is 4.97. The van der Waals surface area contributed by atoms with Crippen LogP contribution >= 0.6 is 0 Å². The number of benzene rings is 1. The first-order valence-corrected chi connectivity index (χ1v) is 6.90. The Bertz CT molecular complexity index is 685. The Kier molecular flexibility index (Phi) is 4.31. The summed E-state index contributed by atoms with van der Waals surface area (Å²) >= 11 is 0. The van der Waals surface area contributed by atoms with Crippen molar-refractivity contribution in [3.05, 3.63) is 30.0 Å². The van der Waals surface area contributed by atoms with Crippen molar-refractivity contribution in [2.24, 2.45) is 0 Å². The molecule has 2 rings (SSSR count). The summed E-state index contributed by atoms with van der Waals surface area (Å²) in [7, 11) is 1.59. The molecule has 0 unspecified atom stereocenters. The van der Waals surface area contributed by atoms with Gasteiger partial charge in [-0.15, -0.1) is 0 Å². The summed E-state index contributed by atoms with van der Waals surface area (Å²) in [4.78, 5) is 24.0. The number of methoxy groups -OCH3 is 1. The van der Waals surface area contributed by atoms with Crippen LogP contribution in [0.3, 0.4) is 0 Å². The Hall–Kier alpha value is -2.30. The van der Waals surface area contributed by atoms with Gasteiger partial charge in [-0.25, -0.2) is 4.79 Å². The highest BCUT2D eigenvalue weighted by atomic mass is 16.5. The van der Waals surface area contributed by atoms with Gasteiger partial charge in [-0.1, -0.05) is 0 Å². The molecular formula is C16H19NO4. The minimum Gasteiger partial charge on any atom is -0.497 e. The smallest absolute Gasteiger partial charge is 0.381 e. The van der Waals surface area contributed by atoms with E-state index in [0.29, 0.717) is 11.4 Å². The Morgan fingerprint density at radius 3 is 2.52 bits per heavy atom. The van der Waals surface area contributed by atoms with Crippen LogP contribution in [0, 0.1) is 0 Å². The molecule has 5 nitrogen and oxygen atoms in total. The first-order chi connectivity index (χ1) is 9.99. The monoisotopic (exact) mass is 289 g/mol. The maximum atomic E-state index is 12.3. The van der Waals surface area contributed by atoms with Crippen molar-refractivity contribution in [3.8, 4) is 5.75 Å². The summed E-state index contributed by atoms with van der Waals surface area (Å²) in [6, 6.07) is 7.30. The molecule has 0 fully saturated rings. The topological polar surface area (TPSA) is 57.5 Å². The third-order valence-corrected chi connectivity index (χ3v) is 3.26. The average molecular weight is 289 g/mol. The van der Waals surface area contributed by atoms with Crippen LogP contribution in [0.15, 0.2) is 24.3 Å². The molecule has 21 heavy (non-hydrogen) atoms. The summed E-state index contributed by atoms with van der Waals surface area (Å²) in [6.07, 6.45) is 0. The second-order valence-corrected chi connectivity index (χ2v) is 4.97. The van der Waals surface area contributed by atoms with E-state index in [2.05, 4.69) is 0 Å². The maximum absolute atomic E-state index is 12.3. The van der Waals surface area contributed by atoms with Crippen LogP contribution in [0.2, 0.25) is 0 Å². The van der Waals surface area contributed by atoms with Crippen molar-refractivity contribution >= 4 is 22.7 Å². The molecule has 0 aliphatic heterocycles. The fourth-order valence-electron chi connectivity index (χ4n) is 2.36. The van der Waals surface area contributed by atoms with Gasteiger partial charge >= 0.3 is 5.97 Å². The van der Waals surface area contributed by atoms with Gasteiger partial charge in [0.25, 0.3) is 5.78 Å². The fourth-order valence-corrected chi connectivity index (χ4v) is 2.36. The number of ether oxygens (including phenoxy) is 2. The van der Waals surface area contributed by atoms with E-state index in [4.69, 9.17) is 9.47 Å². The molecular weight excluding hydrogens is 270 g/mol. The molecule has 0 aliphatic rings. The zero-order valence-electron chi connectivity index (χ0n) is 12.7. The first-order valence-electron chi connectivity index (χ1n) is 6.90. The van der Waals surface area contributed by atoms with Crippen molar-refractivity contribution in [1.29, 1.82) is 0 Å². The van der Waals surface area contributed by atoms with Crippen LogP contribution in [0.5, 0.6) is 5.75 Å². The molecule has 1 aromatic heterocycles. The summed E-state index contributed by atoms with van der Waals surface area (Å²) in [5.74, 6) is -0.743. The minimum absolute atomic E-state index is 0.0305. The molecule has 5 heteroatoms. The molecule has 0 saturated heterocycles. The Labute approximate surface area is 123 Å². The Balaban J connectivity index is 2.60. The van der Waals surface area contributed by atoms with Gasteiger partial charge in [0.05, 0.1) is 24.9 Å². The second kappa shape index (κ2) is 5.99. The molecule has 1 aromatic carbocycles. The minimum atomic E-state index is -0.825.